The van der Waals surface area contributed by atoms with Gasteiger partial charge in [0.05, 0.1) is 22.5 Å². The standard InChI is InChI=1S/C18H17Cl2NO4S/c1-24-15-6-5-10(17-21-14(9-26-17)18(22)23)7-11(15)8-25-16-12(19)3-2-4-13(16)20/h2-7,14,17,21H,8-9H2,1H3,(H,22,23). The number of carbonyl (C=O) groups is 1. The molecule has 0 saturated carbocycles. The van der Waals surface area contributed by atoms with E-state index in [2.05, 4.69) is 5.32 Å². The third-order valence-corrected chi connectivity index (χ3v) is 5.84. The van der Waals surface area contributed by atoms with Crippen molar-refractivity contribution < 1.29 is 19.4 Å². The first-order valence-electron chi connectivity index (χ1n) is 7.83. The third kappa shape index (κ3) is 4.20. The van der Waals surface area contributed by atoms with Gasteiger partial charge in [-0.1, -0.05) is 35.3 Å². The minimum absolute atomic E-state index is 0.0929. The number of carboxylic acids is 1. The maximum absolute atomic E-state index is 11.1. The van der Waals surface area contributed by atoms with E-state index in [0.29, 0.717) is 27.3 Å². The molecule has 0 aromatic heterocycles. The molecule has 2 aromatic rings. The second-order valence-electron chi connectivity index (χ2n) is 5.68. The highest BCUT2D eigenvalue weighted by molar-refractivity contribution is 7.99. The van der Waals surface area contributed by atoms with Gasteiger partial charge in [0.2, 0.25) is 0 Å². The molecule has 0 spiro atoms. The van der Waals surface area contributed by atoms with Crippen molar-refractivity contribution in [1.29, 1.82) is 0 Å². The summed E-state index contributed by atoms with van der Waals surface area (Å²) in [5.41, 5.74) is 1.78. The number of thioether (sulfide) groups is 1. The van der Waals surface area contributed by atoms with Crippen LogP contribution in [0.25, 0.3) is 0 Å². The van der Waals surface area contributed by atoms with Gasteiger partial charge in [0.25, 0.3) is 0 Å². The summed E-state index contributed by atoms with van der Waals surface area (Å²) >= 11 is 13.8. The molecule has 138 valence electrons. The monoisotopic (exact) mass is 413 g/mol. The number of hydrogen-bond donors (Lipinski definition) is 2. The first kappa shape index (κ1) is 19.2. The molecule has 2 aromatic carbocycles. The smallest absolute Gasteiger partial charge is 0.321 e. The summed E-state index contributed by atoms with van der Waals surface area (Å²) in [5, 5.41) is 13.0. The SMILES string of the molecule is COc1ccc(C2NC(C(=O)O)CS2)cc1COc1c(Cl)cccc1Cl. The van der Waals surface area contributed by atoms with Crippen LogP contribution >= 0.6 is 35.0 Å². The van der Waals surface area contributed by atoms with Gasteiger partial charge in [-0.3, -0.25) is 10.1 Å². The van der Waals surface area contributed by atoms with Crippen molar-refractivity contribution in [3.8, 4) is 11.5 Å². The third-order valence-electron chi connectivity index (χ3n) is 3.98. The molecule has 1 aliphatic rings. The van der Waals surface area contributed by atoms with Crippen molar-refractivity contribution in [1.82, 2.24) is 5.32 Å². The molecule has 26 heavy (non-hydrogen) atoms. The molecule has 2 atom stereocenters. The van der Waals surface area contributed by atoms with Gasteiger partial charge in [-0.25, -0.2) is 0 Å². The first-order chi connectivity index (χ1) is 12.5. The summed E-state index contributed by atoms with van der Waals surface area (Å²) in [7, 11) is 1.59. The maximum atomic E-state index is 11.1. The maximum Gasteiger partial charge on any atom is 0.321 e. The van der Waals surface area contributed by atoms with Crippen molar-refractivity contribution in [3.63, 3.8) is 0 Å². The van der Waals surface area contributed by atoms with Crippen LogP contribution in [0.3, 0.4) is 0 Å². The van der Waals surface area contributed by atoms with Crippen molar-refractivity contribution in [2.24, 2.45) is 0 Å². The van der Waals surface area contributed by atoms with Gasteiger partial charge in [-0.2, -0.15) is 0 Å². The Kier molecular flexibility index (Phi) is 6.19. The fraction of sp³-hybridized carbons (Fsp3) is 0.278. The molecule has 1 saturated heterocycles. The zero-order valence-corrected chi connectivity index (χ0v) is 16.2. The number of methoxy groups -OCH3 is 1. The molecule has 8 heteroatoms. The van der Waals surface area contributed by atoms with E-state index in [1.165, 1.54) is 0 Å². The van der Waals surface area contributed by atoms with Crippen LogP contribution in [0.15, 0.2) is 36.4 Å². The van der Waals surface area contributed by atoms with Crippen LogP contribution in [0.1, 0.15) is 16.5 Å². The molecule has 0 bridgehead atoms. The minimum atomic E-state index is -0.842. The topological polar surface area (TPSA) is 67.8 Å². The van der Waals surface area contributed by atoms with Crippen LogP contribution in [0.5, 0.6) is 11.5 Å². The lowest BCUT2D eigenvalue weighted by Gasteiger charge is -2.16. The quantitative estimate of drug-likeness (QED) is 0.732. The molecule has 2 N–H and O–H groups in total. The fourth-order valence-corrected chi connectivity index (χ4v) is 4.38. The van der Waals surface area contributed by atoms with Gasteiger partial charge >= 0.3 is 5.97 Å². The summed E-state index contributed by atoms with van der Waals surface area (Å²) in [5.74, 6) is 0.773. The summed E-state index contributed by atoms with van der Waals surface area (Å²) in [6.45, 7) is 0.222. The minimum Gasteiger partial charge on any atom is -0.496 e. The molecule has 0 radical (unpaired) electrons. The van der Waals surface area contributed by atoms with E-state index in [9.17, 15) is 4.79 Å². The zero-order valence-electron chi connectivity index (χ0n) is 13.9. The van der Waals surface area contributed by atoms with E-state index in [-0.39, 0.29) is 12.0 Å². The number of hydrogen-bond acceptors (Lipinski definition) is 5. The summed E-state index contributed by atoms with van der Waals surface area (Å²) in [4.78, 5) is 11.1. The molecule has 0 aliphatic carbocycles. The highest BCUT2D eigenvalue weighted by Crippen LogP contribution is 2.36. The van der Waals surface area contributed by atoms with Crippen LogP contribution in [-0.4, -0.2) is 30.0 Å². The van der Waals surface area contributed by atoms with E-state index in [0.717, 1.165) is 11.1 Å². The Balaban J connectivity index is 1.79. The molecule has 0 amide bonds. The van der Waals surface area contributed by atoms with E-state index < -0.39 is 12.0 Å². The van der Waals surface area contributed by atoms with Crippen LogP contribution < -0.4 is 14.8 Å². The second-order valence-corrected chi connectivity index (χ2v) is 7.63. The number of aliphatic carboxylic acids is 1. The van der Waals surface area contributed by atoms with Crippen LogP contribution in [0, 0.1) is 0 Å². The van der Waals surface area contributed by atoms with Gasteiger partial charge in [0.15, 0.2) is 5.75 Å². The Labute approximate surface area is 165 Å². The van der Waals surface area contributed by atoms with Crippen molar-refractivity contribution >= 4 is 40.9 Å². The largest absolute Gasteiger partial charge is 0.496 e. The Hall–Kier alpha value is -1.60. The average molecular weight is 414 g/mol. The lowest BCUT2D eigenvalue weighted by molar-refractivity contribution is -0.138. The van der Waals surface area contributed by atoms with Gasteiger partial charge in [-0.05, 0) is 29.8 Å². The highest BCUT2D eigenvalue weighted by atomic mass is 35.5. The number of carboxylic acid groups (broad SMARTS) is 1. The number of halogens is 2. The molecule has 1 fully saturated rings. The molecular formula is C18H17Cl2NO4S. The number of para-hydroxylation sites is 1. The lowest BCUT2D eigenvalue weighted by atomic mass is 10.1. The molecule has 2 unspecified atom stereocenters. The van der Waals surface area contributed by atoms with Crippen LogP contribution in [0.4, 0.5) is 0 Å². The van der Waals surface area contributed by atoms with Crippen molar-refractivity contribution in [3.05, 3.63) is 57.6 Å². The highest BCUT2D eigenvalue weighted by Gasteiger charge is 2.30. The lowest BCUT2D eigenvalue weighted by Crippen LogP contribution is -2.33. The van der Waals surface area contributed by atoms with Gasteiger partial charge < -0.3 is 14.6 Å². The van der Waals surface area contributed by atoms with E-state index >= 15 is 0 Å². The molecule has 1 heterocycles. The Bertz CT molecular complexity index is 798. The molecule has 1 aliphatic heterocycles. The van der Waals surface area contributed by atoms with Gasteiger partial charge in [0, 0.05) is 11.3 Å². The Morgan fingerprint density at radius 3 is 2.65 bits per heavy atom. The molecule has 3 rings (SSSR count). The van der Waals surface area contributed by atoms with Gasteiger partial charge in [0.1, 0.15) is 18.4 Å². The number of benzene rings is 2. The molecular weight excluding hydrogens is 397 g/mol. The Morgan fingerprint density at radius 2 is 2.04 bits per heavy atom. The van der Waals surface area contributed by atoms with Crippen LogP contribution in [0.2, 0.25) is 10.0 Å². The summed E-state index contributed by atoms with van der Waals surface area (Å²) in [6.07, 6.45) is 0. The number of ether oxygens (including phenoxy) is 2. The fourth-order valence-electron chi connectivity index (χ4n) is 2.65. The number of rotatable bonds is 6. The summed E-state index contributed by atoms with van der Waals surface area (Å²) < 4.78 is 11.2. The second kappa shape index (κ2) is 8.39. The van der Waals surface area contributed by atoms with E-state index in [1.54, 1.807) is 37.1 Å². The van der Waals surface area contributed by atoms with Crippen molar-refractivity contribution in [2.75, 3.05) is 12.9 Å². The first-order valence-corrected chi connectivity index (χ1v) is 9.64. The molecule has 5 nitrogen and oxygen atoms in total. The van der Waals surface area contributed by atoms with Gasteiger partial charge in [-0.15, -0.1) is 11.8 Å². The van der Waals surface area contributed by atoms with E-state index in [1.807, 2.05) is 18.2 Å². The Morgan fingerprint density at radius 1 is 1.31 bits per heavy atom. The zero-order chi connectivity index (χ0) is 18.7. The predicted octanol–water partition coefficient (Wildman–Crippen LogP) is 4.37. The van der Waals surface area contributed by atoms with Crippen LogP contribution in [-0.2, 0) is 11.4 Å². The summed E-state index contributed by atoms with van der Waals surface area (Å²) in [6, 6.07) is 10.3. The van der Waals surface area contributed by atoms with Crippen molar-refractivity contribution in [2.45, 2.75) is 18.0 Å². The average Bonchev–Trinajstić information content (AvgIpc) is 3.11. The number of nitrogens with one attached hydrogen (secondary N) is 1. The predicted molar refractivity (Wildman–Crippen MR) is 104 cm³/mol. The normalized spacial score (nSPS) is 19.3. The van der Waals surface area contributed by atoms with E-state index in [4.69, 9.17) is 37.8 Å².